The van der Waals surface area contributed by atoms with Crippen LogP contribution in [0.15, 0.2) is 0 Å². The van der Waals surface area contributed by atoms with Crippen LogP contribution in [-0.4, -0.2) is 56.5 Å². The molecule has 1 aliphatic heterocycles. The number of ether oxygens (including phenoxy) is 1. The lowest BCUT2D eigenvalue weighted by Gasteiger charge is -2.27. The molecule has 2 aromatic heterocycles. The van der Waals surface area contributed by atoms with E-state index < -0.39 is 5.60 Å². The highest BCUT2D eigenvalue weighted by molar-refractivity contribution is 6.28. The predicted molar refractivity (Wildman–Crippen MR) is 86.9 cm³/mol. The van der Waals surface area contributed by atoms with Crippen molar-refractivity contribution in [3.63, 3.8) is 0 Å². The van der Waals surface area contributed by atoms with Crippen molar-refractivity contribution in [2.45, 2.75) is 38.3 Å². The van der Waals surface area contributed by atoms with E-state index in [4.69, 9.17) is 16.3 Å². The molecule has 1 saturated carbocycles. The van der Waals surface area contributed by atoms with E-state index in [1.54, 1.807) is 0 Å². The SMILES string of the molecule is Cc1nc2c(N3CCOCC3)nc(Cl)nc2n1CCC1(O)CC1. The van der Waals surface area contributed by atoms with Crippen molar-refractivity contribution in [3.05, 3.63) is 11.1 Å². The summed E-state index contributed by atoms with van der Waals surface area (Å²) in [5.74, 6) is 1.64. The topological polar surface area (TPSA) is 76.3 Å². The van der Waals surface area contributed by atoms with Gasteiger partial charge in [0, 0.05) is 19.6 Å². The van der Waals surface area contributed by atoms with Gasteiger partial charge in [-0.05, 0) is 37.8 Å². The summed E-state index contributed by atoms with van der Waals surface area (Å²) in [4.78, 5) is 15.6. The molecule has 2 aliphatic rings. The number of imidazole rings is 1. The Morgan fingerprint density at radius 3 is 2.65 bits per heavy atom. The molecule has 8 heteroatoms. The molecule has 23 heavy (non-hydrogen) atoms. The second-order valence-corrected chi connectivity index (χ2v) is 6.71. The van der Waals surface area contributed by atoms with Gasteiger partial charge in [-0.25, -0.2) is 4.98 Å². The third-order valence-corrected chi connectivity index (χ3v) is 4.85. The molecule has 1 saturated heterocycles. The second-order valence-electron chi connectivity index (χ2n) is 6.37. The molecule has 1 aliphatic carbocycles. The number of nitrogens with zero attached hydrogens (tertiary/aromatic N) is 5. The second kappa shape index (κ2) is 5.58. The summed E-state index contributed by atoms with van der Waals surface area (Å²) in [5.41, 5.74) is 1.03. The van der Waals surface area contributed by atoms with Gasteiger partial charge in [-0.15, -0.1) is 0 Å². The van der Waals surface area contributed by atoms with Crippen molar-refractivity contribution in [1.29, 1.82) is 0 Å². The van der Waals surface area contributed by atoms with Crippen molar-refractivity contribution < 1.29 is 9.84 Å². The van der Waals surface area contributed by atoms with Crippen LogP contribution in [0.2, 0.25) is 5.28 Å². The molecule has 0 bridgehead atoms. The van der Waals surface area contributed by atoms with Crippen LogP contribution in [0.5, 0.6) is 0 Å². The molecular weight excluding hydrogens is 318 g/mol. The number of aromatic nitrogens is 4. The first kappa shape index (κ1) is 15.1. The third-order valence-electron chi connectivity index (χ3n) is 4.68. The maximum atomic E-state index is 10.1. The number of aryl methyl sites for hydroxylation is 2. The molecule has 2 fully saturated rings. The number of hydrogen-bond acceptors (Lipinski definition) is 6. The lowest BCUT2D eigenvalue weighted by Crippen LogP contribution is -2.37. The smallest absolute Gasteiger partial charge is 0.226 e. The van der Waals surface area contributed by atoms with Crippen LogP contribution >= 0.6 is 11.6 Å². The van der Waals surface area contributed by atoms with Crippen LogP contribution < -0.4 is 4.90 Å². The monoisotopic (exact) mass is 337 g/mol. The zero-order valence-electron chi connectivity index (χ0n) is 13.1. The number of halogens is 1. The van der Waals surface area contributed by atoms with E-state index in [-0.39, 0.29) is 5.28 Å². The van der Waals surface area contributed by atoms with E-state index in [1.165, 1.54) is 0 Å². The summed E-state index contributed by atoms with van der Waals surface area (Å²) >= 11 is 6.16. The van der Waals surface area contributed by atoms with Crippen LogP contribution in [0, 0.1) is 6.92 Å². The predicted octanol–water partition coefficient (Wildman–Crippen LogP) is 1.54. The van der Waals surface area contributed by atoms with E-state index in [0.717, 1.165) is 48.7 Å². The zero-order valence-corrected chi connectivity index (χ0v) is 13.9. The molecule has 0 atom stereocenters. The molecule has 0 amide bonds. The average molecular weight is 338 g/mol. The van der Waals surface area contributed by atoms with Crippen LogP contribution in [0.25, 0.3) is 11.2 Å². The molecular formula is C15H20ClN5O2. The van der Waals surface area contributed by atoms with E-state index in [0.29, 0.717) is 26.2 Å². The summed E-state index contributed by atoms with van der Waals surface area (Å²) in [6, 6.07) is 0. The van der Waals surface area contributed by atoms with E-state index in [1.807, 2.05) is 11.5 Å². The minimum atomic E-state index is -0.493. The van der Waals surface area contributed by atoms with Crippen molar-refractivity contribution in [2.24, 2.45) is 0 Å². The van der Waals surface area contributed by atoms with Gasteiger partial charge in [0.25, 0.3) is 0 Å². The van der Waals surface area contributed by atoms with Crippen molar-refractivity contribution >= 4 is 28.6 Å². The highest BCUT2D eigenvalue weighted by Gasteiger charge is 2.39. The maximum Gasteiger partial charge on any atom is 0.226 e. The summed E-state index contributed by atoms with van der Waals surface area (Å²) in [7, 11) is 0. The standard InChI is InChI=1S/C15H20ClN5O2/c1-10-17-11-12(20-6-8-23-9-7-20)18-14(16)19-13(11)21(10)5-4-15(22)2-3-15/h22H,2-9H2,1H3. The zero-order chi connectivity index (χ0) is 16.0. The van der Waals surface area contributed by atoms with Crippen LogP contribution in [0.1, 0.15) is 25.1 Å². The minimum Gasteiger partial charge on any atom is -0.390 e. The van der Waals surface area contributed by atoms with Crippen LogP contribution in [-0.2, 0) is 11.3 Å². The first-order valence-electron chi connectivity index (χ1n) is 8.01. The Morgan fingerprint density at radius 1 is 1.22 bits per heavy atom. The maximum absolute atomic E-state index is 10.1. The lowest BCUT2D eigenvalue weighted by atomic mass is 10.2. The molecule has 7 nitrogen and oxygen atoms in total. The van der Waals surface area contributed by atoms with Gasteiger partial charge >= 0.3 is 0 Å². The Labute approximate surface area is 139 Å². The Hall–Kier alpha value is -1.44. The van der Waals surface area contributed by atoms with Gasteiger partial charge in [0.05, 0.1) is 18.8 Å². The number of morpholine rings is 1. The Bertz CT molecular complexity index is 737. The summed E-state index contributed by atoms with van der Waals surface area (Å²) in [5, 5.41) is 10.3. The van der Waals surface area contributed by atoms with Crippen molar-refractivity contribution in [1.82, 2.24) is 19.5 Å². The van der Waals surface area contributed by atoms with E-state index >= 15 is 0 Å². The van der Waals surface area contributed by atoms with Gasteiger partial charge in [0.15, 0.2) is 17.0 Å². The van der Waals surface area contributed by atoms with E-state index in [9.17, 15) is 5.11 Å². The summed E-state index contributed by atoms with van der Waals surface area (Å²) < 4.78 is 7.43. The quantitative estimate of drug-likeness (QED) is 0.853. The number of aliphatic hydroxyl groups is 1. The summed E-state index contributed by atoms with van der Waals surface area (Å²) in [6.45, 7) is 5.54. The first-order chi connectivity index (χ1) is 11.1. The van der Waals surface area contributed by atoms with Gasteiger partial charge in [-0.2, -0.15) is 9.97 Å². The molecule has 124 valence electrons. The van der Waals surface area contributed by atoms with Gasteiger partial charge in [0.1, 0.15) is 5.82 Å². The van der Waals surface area contributed by atoms with Gasteiger partial charge < -0.3 is 19.3 Å². The van der Waals surface area contributed by atoms with Crippen LogP contribution in [0.3, 0.4) is 0 Å². The van der Waals surface area contributed by atoms with Crippen molar-refractivity contribution in [3.8, 4) is 0 Å². The minimum absolute atomic E-state index is 0.227. The fourth-order valence-electron chi connectivity index (χ4n) is 3.05. The van der Waals surface area contributed by atoms with Gasteiger partial charge in [0.2, 0.25) is 5.28 Å². The summed E-state index contributed by atoms with van der Waals surface area (Å²) in [6.07, 6.45) is 2.48. The van der Waals surface area contributed by atoms with Gasteiger partial charge in [-0.1, -0.05) is 0 Å². The molecule has 0 radical (unpaired) electrons. The Morgan fingerprint density at radius 2 is 1.96 bits per heavy atom. The number of anilines is 1. The molecule has 4 rings (SSSR count). The first-order valence-corrected chi connectivity index (χ1v) is 8.39. The largest absolute Gasteiger partial charge is 0.390 e. The highest BCUT2D eigenvalue weighted by atomic mass is 35.5. The van der Waals surface area contributed by atoms with Gasteiger partial charge in [-0.3, -0.25) is 0 Å². The Kier molecular flexibility index (Phi) is 3.66. The van der Waals surface area contributed by atoms with Crippen LogP contribution in [0.4, 0.5) is 5.82 Å². The highest BCUT2D eigenvalue weighted by Crippen LogP contribution is 2.39. The fraction of sp³-hybridized carbons (Fsp3) is 0.667. The molecule has 0 unspecified atom stereocenters. The lowest BCUT2D eigenvalue weighted by molar-refractivity contribution is 0.122. The average Bonchev–Trinajstić information content (AvgIpc) is 3.19. The fourth-order valence-corrected chi connectivity index (χ4v) is 3.21. The molecule has 0 spiro atoms. The molecule has 2 aromatic rings. The third kappa shape index (κ3) is 2.88. The molecule has 1 N–H and O–H groups in total. The molecule has 0 aromatic carbocycles. The molecule has 3 heterocycles. The normalized spacial score (nSPS) is 20.2. The Balaban J connectivity index is 1.73. The van der Waals surface area contributed by atoms with Crippen molar-refractivity contribution in [2.75, 3.05) is 31.2 Å². The van der Waals surface area contributed by atoms with E-state index in [2.05, 4.69) is 19.9 Å². The number of fused-ring (bicyclic) bond motifs is 1. The number of hydrogen-bond donors (Lipinski definition) is 1. The number of rotatable bonds is 4.